The molecule has 1 aromatic carbocycles. The molecule has 2 nitrogen and oxygen atoms in total. The molecule has 0 heterocycles. The normalized spacial score (nSPS) is 21.2. The number of hydrogen-bond acceptors (Lipinski definition) is 2. The average Bonchev–Trinajstić information content (AvgIpc) is 2.16. The van der Waals surface area contributed by atoms with Crippen molar-refractivity contribution in [2.24, 2.45) is 0 Å². The highest BCUT2D eigenvalue weighted by molar-refractivity contribution is 5.38. The SMILES string of the molecule is CNC1CCCc2cc(O)ccc21. The molecule has 1 aliphatic rings. The van der Waals surface area contributed by atoms with Crippen molar-refractivity contribution in [3.05, 3.63) is 29.3 Å². The Morgan fingerprint density at radius 3 is 3.08 bits per heavy atom. The molecule has 1 aliphatic carbocycles. The quantitative estimate of drug-likeness (QED) is 0.687. The van der Waals surface area contributed by atoms with Gasteiger partial charge in [-0.3, -0.25) is 0 Å². The highest BCUT2D eigenvalue weighted by Gasteiger charge is 2.18. The maximum absolute atomic E-state index is 9.33. The summed E-state index contributed by atoms with van der Waals surface area (Å²) in [6, 6.07) is 6.17. The Bertz CT molecular complexity index is 309. The predicted octanol–water partition coefficient (Wildman–Crippen LogP) is 1.99. The third-order valence-corrected chi connectivity index (χ3v) is 2.79. The van der Waals surface area contributed by atoms with Crippen molar-refractivity contribution < 1.29 is 5.11 Å². The first kappa shape index (κ1) is 8.57. The molecule has 1 atom stereocenters. The van der Waals surface area contributed by atoms with Crippen LogP contribution in [-0.2, 0) is 6.42 Å². The van der Waals surface area contributed by atoms with Crippen LogP contribution in [0.4, 0.5) is 0 Å². The van der Waals surface area contributed by atoms with Crippen molar-refractivity contribution in [2.45, 2.75) is 25.3 Å². The van der Waals surface area contributed by atoms with E-state index < -0.39 is 0 Å². The van der Waals surface area contributed by atoms with Crippen molar-refractivity contribution in [1.82, 2.24) is 5.32 Å². The number of phenolic OH excluding ortho intramolecular Hbond substituents is 1. The van der Waals surface area contributed by atoms with E-state index in [-0.39, 0.29) is 0 Å². The Hall–Kier alpha value is -1.02. The zero-order chi connectivity index (χ0) is 9.26. The molecule has 13 heavy (non-hydrogen) atoms. The lowest BCUT2D eigenvalue weighted by molar-refractivity contribution is 0.465. The molecule has 2 N–H and O–H groups in total. The summed E-state index contributed by atoms with van der Waals surface area (Å²) in [7, 11) is 1.99. The van der Waals surface area contributed by atoms with E-state index in [1.54, 1.807) is 6.07 Å². The third-order valence-electron chi connectivity index (χ3n) is 2.79. The number of fused-ring (bicyclic) bond motifs is 1. The number of rotatable bonds is 1. The number of hydrogen-bond donors (Lipinski definition) is 2. The molecule has 0 saturated heterocycles. The highest BCUT2D eigenvalue weighted by Crippen LogP contribution is 2.31. The highest BCUT2D eigenvalue weighted by atomic mass is 16.3. The summed E-state index contributed by atoms with van der Waals surface area (Å²) in [4.78, 5) is 0. The van der Waals surface area contributed by atoms with Crippen LogP contribution in [0.15, 0.2) is 18.2 Å². The fourth-order valence-electron chi connectivity index (χ4n) is 2.10. The van der Waals surface area contributed by atoms with Gasteiger partial charge in [0.25, 0.3) is 0 Å². The topological polar surface area (TPSA) is 32.3 Å². The van der Waals surface area contributed by atoms with Gasteiger partial charge >= 0.3 is 0 Å². The second-order valence-electron chi connectivity index (χ2n) is 3.62. The van der Waals surface area contributed by atoms with E-state index >= 15 is 0 Å². The molecular weight excluding hydrogens is 162 g/mol. The molecule has 1 unspecified atom stereocenters. The Balaban J connectivity index is 2.40. The van der Waals surface area contributed by atoms with Crippen LogP contribution >= 0.6 is 0 Å². The van der Waals surface area contributed by atoms with Crippen LogP contribution in [0.2, 0.25) is 0 Å². The second-order valence-corrected chi connectivity index (χ2v) is 3.62. The lowest BCUT2D eigenvalue weighted by Gasteiger charge is -2.25. The summed E-state index contributed by atoms with van der Waals surface area (Å²) in [6.45, 7) is 0. The fraction of sp³-hybridized carbons (Fsp3) is 0.455. The molecule has 0 spiro atoms. The van der Waals surface area contributed by atoms with Crippen LogP contribution in [0.1, 0.15) is 30.0 Å². The zero-order valence-corrected chi connectivity index (χ0v) is 7.88. The smallest absolute Gasteiger partial charge is 0.115 e. The third kappa shape index (κ3) is 1.54. The molecule has 0 saturated carbocycles. The zero-order valence-electron chi connectivity index (χ0n) is 7.88. The van der Waals surface area contributed by atoms with Crippen LogP contribution < -0.4 is 5.32 Å². The summed E-state index contributed by atoms with van der Waals surface area (Å²) in [6.07, 6.45) is 3.51. The summed E-state index contributed by atoms with van der Waals surface area (Å²) >= 11 is 0. The Morgan fingerprint density at radius 2 is 2.31 bits per heavy atom. The van der Waals surface area contributed by atoms with E-state index in [0.717, 1.165) is 6.42 Å². The fourth-order valence-corrected chi connectivity index (χ4v) is 2.10. The van der Waals surface area contributed by atoms with Crippen molar-refractivity contribution in [1.29, 1.82) is 0 Å². The van der Waals surface area contributed by atoms with E-state index in [2.05, 4.69) is 5.32 Å². The van der Waals surface area contributed by atoms with Crippen molar-refractivity contribution in [3.8, 4) is 5.75 Å². The number of aryl methyl sites for hydroxylation is 1. The first-order valence-corrected chi connectivity index (χ1v) is 4.80. The van der Waals surface area contributed by atoms with Gasteiger partial charge in [-0.1, -0.05) is 6.07 Å². The summed E-state index contributed by atoms with van der Waals surface area (Å²) in [5.41, 5.74) is 2.65. The van der Waals surface area contributed by atoms with Gasteiger partial charge in [0.1, 0.15) is 5.75 Å². The van der Waals surface area contributed by atoms with Gasteiger partial charge in [0, 0.05) is 6.04 Å². The van der Waals surface area contributed by atoms with Crippen molar-refractivity contribution in [2.75, 3.05) is 7.05 Å². The molecule has 2 heteroatoms. The van der Waals surface area contributed by atoms with Crippen LogP contribution in [-0.4, -0.2) is 12.2 Å². The standard InChI is InChI=1S/C11H15NO/c1-12-11-4-2-3-8-7-9(13)5-6-10(8)11/h5-7,11-13H,2-4H2,1H3. The van der Waals surface area contributed by atoms with Gasteiger partial charge in [-0.25, -0.2) is 0 Å². The summed E-state index contributed by atoms with van der Waals surface area (Å²) in [5.74, 6) is 0.385. The molecule has 70 valence electrons. The Labute approximate surface area is 78.6 Å². The van der Waals surface area contributed by atoms with Crippen LogP contribution in [0.25, 0.3) is 0 Å². The number of aromatic hydroxyl groups is 1. The minimum atomic E-state index is 0.385. The molecule has 0 aromatic heterocycles. The Morgan fingerprint density at radius 1 is 1.46 bits per heavy atom. The molecule has 0 amide bonds. The van der Waals surface area contributed by atoms with Crippen LogP contribution in [0.5, 0.6) is 5.75 Å². The van der Waals surface area contributed by atoms with Gasteiger partial charge in [-0.15, -0.1) is 0 Å². The van der Waals surface area contributed by atoms with E-state index in [0.29, 0.717) is 11.8 Å². The monoisotopic (exact) mass is 177 g/mol. The molecule has 2 rings (SSSR count). The minimum Gasteiger partial charge on any atom is -0.508 e. The molecule has 1 aromatic rings. The maximum Gasteiger partial charge on any atom is 0.115 e. The number of nitrogens with one attached hydrogen (secondary N) is 1. The number of benzene rings is 1. The van der Waals surface area contributed by atoms with E-state index in [1.807, 2.05) is 19.2 Å². The van der Waals surface area contributed by atoms with Gasteiger partial charge in [0.05, 0.1) is 0 Å². The largest absolute Gasteiger partial charge is 0.508 e. The lowest BCUT2D eigenvalue weighted by atomic mass is 9.88. The van der Waals surface area contributed by atoms with E-state index in [9.17, 15) is 5.11 Å². The first-order valence-electron chi connectivity index (χ1n) is 4.80. The Kier molecular flexibility index (Phi) is 2.23. The first-order chi connectivity index (χ1) is 6.31. The van der Waals surface area contributed by atoms with Gasteiger partial charge in [-0.05, 0) is 49.6 Å². The average molecular weight is 177 g/mol. The van der Waals surface area contributed by atoms with Gasteiger partial charge < -0.3 is 10.4 Å². The van der Waals surface area contributed by atoms with Crippen LogP contribution in [0, 0.1) is 0 Å². The van der Waals surface area contributed by atoms with Gasteiger partial charge in [0.15, 0.2) is 0 Å². The maximum atomic E-state index is 9.33. The minimum absolute atomic E-state index is 0.385. The molecule has 0 aliphatic heterocycles. The second kappa shape index (κ2) is 3.38. The summed E-state index contributed by atoms with van der Waals surface area (Å²) in [5, 5.41) is 12.6. The molecular formula is C11H15NO. The van der Waals surface area contributed by atoms with Crippen molar-refractivity contribution in [3.63, 3.8) is 0 Å². The van der Waals surface area contributed by atoms with Gasteiger partial charge in [0.2, 0.25) is 0 Å². The van der Waals surface area contributed by atoms with Crippen molar-refractivity contribution >= 4 is 0 Å². The predicted molar refractivity (Wildman–Crippen MR) is 52.8 cm³/mol. The summed E-state index contributed by atoms with van der Waals surface area (Å²) < 4.78 is 0. The lowest BCUT2D eigenvalue weighted by Crippen LogP contribution is -2.21. The van der Waals surface area contributed by atoms with E-state index in [4.69, 9.17) is 0 Å². The number of phenols is 1. The molecule has 0 fully saturated rings. The van der Waals surface area contributed by atoms with E-state index in [1.165, 1.54) is 24.0 Å². The molecule has 0 bridgehead atoms. The van der Waals surface area contributed by atoms with Crippen LogP contribution in [0.3, 0.4) is 0 Å². The van der Waals surface area contributed by atoms with Gasteiger partial charge in [-0.2, -0.15) is 0 Å². The molecule has 0 radical (unpaired) electrons.